The fourth-order valence-electron chi connectivity index (χ4n) is 2.75. The Morgan fingerprint density at radius 3 is 2.89 bits per heavy atom. The topological polar surface area (TPSA) is 118 Å². The van der Waals surface area contributed by atoms with Crippen molar-refractivity contribution in [2.75, 3.05) is 18.2 Å². The van der Waals surface area contributed by atoms with Crippen molar-refractivity contribution in [1.82, 2.24) is 24.7 Å². The van der Waals surface area contributed by atoms with Crippen molar-refractivity contribution >= 4 is 34.4 Å². The van der Waals surface area contributed by atoms with Crippen molar-refractivity contribution in [2.24, 2.45) is 0 Å². The van der Waals surface area contributed by atoms with Crippen LogP contribution in [0.25, 0.3) is 16.7 Å². The molecule has 1 amide bonds. The number of para-hydroxylation sites is 2. The molecule has 0 atom stereocenters. The third kappa shape index (κ3) is 3.62. The maximum atomic E-state index is 12.3. The summed E-state index contributed by atoms with van der Waals surface area (Å²) in [4.78, 5) is 29.0. The summed E-state index contributed by atoms with van der Waals surface area (Å²) in [5.74, 6) is 0.634. The van der Waals surface area contributed by atoms with Crippen LogP contribution in [0.3, 0.4) is 0 Å². The molecule has 4 aromatic rings. The van der Waals surface area contributed by atoms with Crippen LogP contribution < -0.4 is 15.7 Å². The quantitative estimate of drug-likeness (QED) is 0.430. The van der Waals surface area contributed by atoms with Crippen LogP contribution in [0.5, 0.6) is 5.75 Å². The van der Waals surface area contributed by atoms with Gasteiger partial charge in [0, 0.05) is 5.69 Å². The minimum absolute atomic E-state index is 0.148. The first-order valence-electron chi connectivity index (χ1n) is 8.32. The SMILES string of the molecule is COc1ccccc1-n1cnnc1SCC(=O)Nc1ccc2[nH]c(=O)[nH]c2c1. The van der Waals surface area contributed by atoms with E-state index in [-0.39, 0.29) is 17.3 Å². The predicted molar refractivity (Wildman–Crippen MR) is 106 cm³/mol. The van der Waals surface area contributed by atoms with E-state index in [2.05, 4.69) is 25.5 Å². The van der Waals surface area contributed by atoms with Crippen molar-refractivity contribution in [1.29, 1.82) is 0 Å². The first kappa shape index (κ1) is 17.9. The van der Waals surface area contributed by atoms with E-state index in [1.165, 1.54) is 11.8 Å². The average molecular weight is 396 g/mol. The first-order chi connectivity index (χ1) is 13.6. The Bertz CT molecular complexity index is 1200. The molecule has 2 aromatic carbocycles. The Morgan fingerprint density at radius 1 is 1.21 bits per heavy atom. The molecule has 2 heterocycles. The van der Waals surface area contributed by atoms with Crippen LogP contribution in [0.15, 0.2) is 58.7 Å². The number of nitrogens with one attached hydrogen (secondary N) is 3. The van der Waals surface area contributed by atoms with E-state index in [9.17, 15) is 9.59 Å². The number of carbonyl (C=O) groups excluding carboxylic acids is 1. The van der Waals surface area contributed by atoms with E-state index >= 15 is 0 Å². The number of nitrogens with zero attached hydrogens (tertiary/aromatic N) is 3. The van der Waals surface area contributed by atoms with Gasteiger partial charge in [0.25, 0.3) is 0 Å². The number of anilines is 1. The van der Waals surface area contributed by atoms with E-state index in [4.69, 9.17) is 4.74 Å². The largest absolute Gasteiger partial charge is 0.495 e. The molecule has 0 saturated heterocycles. The van der Waals surface area contributed by atoms with E-state index in [0.717, 1.165) is 5.69 Å². The molecular formula is C18H16N6O3S. The number of imidazole rings is 1. The number of aromatic nitrogens is 5. The van der Waals surface area contributed by atoms with Crippen molar-refractivity contribution in [3.63, 3.8) is 0 Å². The lowest BCUT2D eigenvalue weighted by Crippen LogP contribution is -2.14. The zero-order valence-corrected chi connectivity index (χ0v) is 15.6. The zero-order chi connectivity index (χ0) is 19.5. The van der Waals surface area contributed by atoms with Gasteiger partial charge in [0.15, 0.2) is 5.16 Å². The highest BCUT2D eigenvalue weighted by atomic mass is 32.2. The Hall–Kier alpha value is -3.53. The fraction of sp³-hybridized carbons (Fsp3) is 0.111. The summed E-state index contributed by atoms with van der Waals surface area (Å²) in [7, 11) is 1.60. The van der Waals surface area contributed by atoms with Gasteiger partial charge in [-0.3, -0.25) is 9.36 Å². The van der Waals surface area contributed by atoms with Crippen molar-refractivity contribution in [3.05, 3.63) is 59.3 Å². The molecule has 0 aliphatic carbocycles. The molecule has 28 heavy (non-hydrogen) atoms. The Kier molecular flexibility index (Phi) is 4.85. The molecule has 0 spiro atoms. The molecule has 0 radical (unpaired) electrons. The van der Waals surface area contributed by atoms with Crippen molar-refractivity contribution < 1.29 is 9.53 Å². The number of benzene rings is 2. The Morgan fingerprint density at radius 2 is 2.04 bits per heavy atom. The van der Waals surface area contributed by atoms with Gasteiger partial charge < -0.3 is 20.0 Å². The van der Waals surface area contributed by atoms with E-state index in [1.54, 1.807) is 36.2 Å². The number of H-pyrrole nitrogens is 2. The summed E-state index contributed by atoms with van der Waals surface area (Å²) in [6.07, 6.45) is 1.58. The van der Waals surface area contributed by atoms with Crippen LogP contribution in [-0.4, -0.2) is 43.5 Å². The Labute approximate surface area is 163 Å². The number of hydrogen-bond donors (Lipinski definition) is 3. The van der Waals surface area contributed by atoms with Gasteiger partial charge in [-0.2, -0.15) is 0 Å². The second-order valence-electron chi connectivity index (χ2n) is 5.83. The summed E-state index contributed by atoms with van der Waals surface area (Å²) in [5, 5.41) is 11.4. The number of methoxy groups -OCH3 is 1. The molecule has 142 valence electrons. The van der Waals surface area contributed by atoms with Crippen molar-refractivity contribution in [2.45, 2.75) is 5.16 Å². The maximum Gasteiger partial charge on any atom is 0.323 e. The van der Waals surface area contributed by atoms with E-state index < -0.39 is 0 Å². The number of rotatable bonds is 6. The molecular weight excluding hydrogens is 380 g/mol. The van der Waals surface area contributed by atoms with Gasteiger partial charge in [0.05, 0.1) is 29.6 Å². The van der Waals surface area contributed by atoms with E-state index in [1.807, 2.05) is 24.3 Å². The van der Waals surface area contributed by atoms with Gasteiger partial charge in [-0.05, 0) is 30.3 Å². The van der Waals surface area contributed by atoms with Crippen LogP contribution in [0.4, 0.5) is 5.69 Å². The van der Waals surface area contributed by atoms with Gasteiger partial charge in [-0.25, -0.2) is 4.79 Å². The van der Waals surface area contributed by atoms with Gasteiger partial charge in [0.1, 0.15) is 12.1 Å². The lowest BCUT2D eigenvalue weighted by Gasteiger charge is -2.10. The Balaban J connectivity index is 1.45. The molecule has 0 aliphatic rings. The lowest BCUT2D eigenvalue weighted by molar-refractivity contribution is -0.113. The van der Waals surface area contributed by atoms with E-state index in [0.29, 0.717) is 27.6 Å². The lowest BCUT2D eigenvalue weighted by atomic mass is 10.3. The summed E-state index contributed by atoms with van der Waals surface area (Å²) >= 11 is 1.26. The number of fused-ring (bicyclic) bond motifs is 1. The molecule has 9 nitrogen and oxygen atoms in total. The average Bonchev–Trinajstić information content (AvgIpc) is 3.31. The van der Waals surface area contributed by atoms with Gasteiger partial charge >= 0.3 is 5.69 Å². The number of aromatic amines is 2. The standard InChI is InChI=1S/C18H16N6O3S/c1-27-15-5-3-2-4-14(15)24-10-19-23-18(24)28-9-16(25)20-11-6-7-12-13(8-11)22-17(26)21-12/h2-8,10H,9H2,1H3,(H,20,25)(H2,21,22,26). The van der Waals surface area contributed by atoms with Crippen LogP contribution in [0.1, 0.15) is 0 Å². The summed E-state index contributed by atoms with van der Waals surface area (Å²) in [5.41, 5.74) is 2.41. The molecule has 0 bridgehead atoms. The molecule has 0 fully saturated rings. The summed E-state index contributed by atoms with van der Waals surface area (Å²) in [6, 6.07) is 12.7. The number of amides is 1. The highest BCUT2D eigenvalue weighted by molar-refractivity contribution is 7.99. The molecule has 4 rings (SSSR count). The van der Waals surface area contributed by atoms with Crippen LogP contribution in [-0.2, 0) is 4.79 Å². The summed E-state index contributed by atoms with van der Waals surface area (Å²) < 4.78 is 7.14. The minimum atomic E-state index is -0.287. The fourth-order valence-corrected chi connectivity index (χ4v) is 3.48. The number of ether oxygens (including phenoxy) is 1. The predicted octanol–water partition coefficient (Wildman–Crippen LogP) is 2.18. The van der Waals surface area contributed by atoms with Crippen LogP contribution >= 0.6 is 11.8 Å². The number of thioether (sulfide) groups is 1. The van der Waals surface area contributed by atoms with Gasteiger partial charge in [0.2, 0.25) is 5.91 Å². The second kappa shape index (κ2) is 7.61. The minimum Gasteiger partial charge on any atom is -0.495 e. The molecule has 0 aliphatic heterocycles. The number of hydrogen-bond acceptors (Lipinski definition) is 6. The zero-order valence-electron chi connectivity index (χ0n) is 14.8. The van der Waals surface area contributed by atoms with Gasteiger partial charge in [-0.1, -0.05) is 23.9 Å². The normalized spacial score (nSPS) is 10.9. The summed E-state index contributed by atoms with van der Waals surface area (Å²) in [6.45, 7) is 0. The third-order valence-electron chi connectivity index (χ3n) is 3.99. The monoisotopic (exact) mass is 396 g/mol. The molecule has 2 aromatic heterocycles. The first-order valence-corrected chi connectivity index (χ1v) is 9.31. The number of carbonyl (C=O) groups is 1. The molecule has 0 saturated carbocycles. The van der Waals surface area contributed by atoms with Crippen LogP contribution in [0, 0.1) is 0 Å². The smallest absolute Gasteiger partial charge is 0.323 e. The highest BCUT2D eigenvalue weighted by Gasteiger charge is 2.13. The van der Waals surface area contributed by atoms with Crippen LogP contribution in [0.2, 0.25) is 0 Å². The molecule has 3 N–H and O–H groups in total. The molecule has 0 unspecified atom stereocenters. The van der Waals surface area contributed by atoms with Crippen molar-refractivity contribution in [3.8, 4) is 11.4 Å². The maximum absolute atomic E-state index is 12.3. The second-order valence-corrected chi connectivity index (χ2v) is 6.77. The molecule has 10 heteroatoms. The van der Waals surface area contributed by atoms with Gasteiger partial charge in [-0.15, -0.1) is 10.2 Å². The third-order valence-corrected chi connectivity index (χ3v) is 4.94. The highest BCUT2D eigenvalue weighted by Crippen LogP contribution is 2.26.